The van der Waals surface area contributed by atoms with Gasteiger partial charge in [0.25, 0.3) is 5.91 Å². The Morgan fingerprint density at radius 2 is 2.25 bits per heavy atom. The summed E-state index contributed by atoms with van der Waals surface area (Å²) >= 11 is 4.96. The maximum absolute atomic E-state index is 13.7. The van der Waals surface area contributed by atoms with Crippen LogP contribution in [0.15, 0.2) is 34.1 Å². The monoisotopic (exact) mass is 356 g/mol. The Morgan fingerprint density at radius 1 is 1.50 bits per heavy atom. The number of halogens is 2. The van der Waals surface area contributed by atoms with Gasteiger partial charge in [0, 0.05) is 28.8 Å². The van der Waals surface area contributed by atoms with Crippen LogP contribution in [0.2, 0.25) is 0 Å². The average molecular weight is 357 g/mol. The van der Waals surface area contributed by atoms with Gasteiger partial charge in [0.15, 0.2) is 0 Å². The largest absolute Gasteiger partial charge is 0.385 e. The molecule has 0 fully saturated rings. The molecule has 106 valence electrons. The van der Waals surface area contributed by atoms with Crippen molar-refractivity contribution in [3.05, 3.63) is 50.4 Å². The van der Waals surface area contributed by atoms with Crippen molar-refractivity contribution in [2.75, 3.05) is 19.4 Å². The van der Waals surface area contributed by atoms with E-state index in [4.69, 9.17) is 0 Å². The number of benzene rings is 1. The van der Waals surface area contributed by atoms with E-state index in [-0.39, 0.29) is 11.6 Å². The van der Waals surface area contributed by atoms with Crippen molar-refractivity contribution >= 4 is 38.9 Å². The molecule has 2 aromatic rings. The second-order valence-electron chi connectivity index (χ2n) is 4.30. The highest BCUT2D eigenvalue weighted by atomic mass is 79.9. The van der Waals surface area contributed by atoms with Gasteiger partial charge in [0.1, 0.15) is 5.82 Å². The molecule has 0 saturated carbocycles. The maximum atomic E-state index is 13.7. The molecule has 0 bridgehead atoms. The second-order valence-corrected chi connectivity index (χ2v) is 6.22. The number of para-hydroxylation sites is 1. The smallest absolute Gasteiger partial charge is 0.256 e. The lowest BCUT2D eigenvalue weighted by Crippen LogP contribution is -2.26. The van der Waals surface area contributed by atoms with Gasteiger partial charge in [0.2, 0.25) is 0 Å². The molecule has 1 aromatic heterocycles. The number of anilines is 1. The first-order valence-electron chi connectivity index (χ1n) is 5.97. The first-order valence-corrected chi connectivity index (χ1v) is 7.65. The molecule has 0 saturated heterocycles. The number of thiophene rings is 1. The van der Waals surface area contributed by atoms with Gasteiger partial charge in [-0.15, -0.1) is 11.3 Å². The highest BCUT2D eigenvalue weighted by molar-refractivity contribution is 9.10. The quantitative estimate of drug-likeness (QED) is 0.898. The summed E-state index contributed by atoms with van der Waals surface area (Å²) in [6.07, 6.45) is 0. The van der Waals surface area contributed by atoms with Gasteiger partial charge in [-0.25, -0.2) is 4.39 Å². The van der Waals surface area contributed by atoms with Gasteiger partial charge in [-0.1, -0.05) is 6.07 Å². The number of amides is 1. The Kier molecular flexibility index (Phi) is 4.77. The van der Waals surface area contributed by atoms with E-state index in [1.165, 1.54) is 6.07 Å². The van der Waals surface area contributed by atoms with E-state index < -0.39 is 5.82 Å². The summed E-state index contributed by atoms with van der Waals surface area (Å²) < 4.78 is 14.7. The molecular formula is C14H14BrFN2OS. The van der Waals surface area contributed by atoms with Crippen LogP contribution in [0.5, 0.6) is 0 Å². The van der Waals surface area contributed by atoms with E-state index in [0.717, 1.165) is 9.35 Å². The molecule has 6 heteroatoms. The van der Waals surface area contributed by atoms with Gasteiger partial charge in [-0.2, -0.15) is 0 Å². The minimum absolute atomic E-state index is 0.210. The first-order chi connectivity index (χ1) is 9.52. The molecule has 20 heavy (non-hydrogen) atoms. The molecule has 0 atom stereocenters. The van der Waals surface area contributed by atoms with Gasteiger partial charge in [-0.05, 0) is 34.1 Å². The Hall–Kier alpha value is -1.40. The fourth-order valence-corrected chi connectivity index (χ4v) is 3.41. The van der Waals surface area contributed by atoms with Crippen LogP contribution in [0.3, 0.4) is 0 Å². The van der Waals surface area contributed by atoms with Crippen LogP contribution in [0.4, 0.5) is 10.1 Å². The third kappa shape index (κ3) is 3.19. The number of rotatable bonds is 4. The Balaban J connectivity index is 2.20. The van der Waals surface area contributed by atoms with Crippen molar-refractivity contribution in [1.29, 1.82) is 0 Å². The van der Waals surface area contributed by atoms with Crippen molar-refractivity contribution in [3.63, 3.8) is 0 Å². The molecule has 1 heterocycles. The minimum atomic E-state index is -0.425. The molecular weight excluding hydrogens is 343 g/mol. The Bertz CT molecular complexity index is 629. The van der Waals surface area contributed by atoms with Crippen LogP contribution < -0.4 is 5.32 Å². The lowest BCUT2D eigenvalue weighted by atomic mass is 10.1. The number of hydrogen-bond acceptors (Lipinski definition) is 3. The second kappa shape index (κ2) is 6.37. The zero-order valence-electron chi connectivity index (χ0n) is 11.1. The van der Waals surface area contributed by atoms with Gasteiger partial charge in [-0.3, -0.25) is 4.79 Å². The Morgan fingerprint density at radius 3 is 2.85 bits per heavy atom. The minimum Gasteiger partial charge on any atom is -0.385 e. The molecule has 0 radical (unpaired) electrons. The fourth-order valence-electron chi connectivity index (χ4n) is 1.90. The number of hydrogen-bond donors (Lipinski definition) is 1. The molecule has 0 spiro atoms. The van der Waals surface area contributed by atoms with Crippen LogP contribution >= 0.6 is 27.3 Å². The van der Waals surface area contributed by atoms with E-state index in [1.54, 1.807) is 42.5 Å². The summed E-state index contributed by atoms with van der Waals surface area (Å²) in [5.41, 5.74) is 0.572. The number of carbonyl (C=O) groups is 1. The summed E-state index contributed by atoms with van der Waals surface area (Å²) in [6.45, 7) is 0.495. The lowest BCUT2D eigenvalue weighted by molar-refractivity contribution is 0.0787. The van der Waals surface area contributed by atoms with Crippen molar-refractivity contribution < 1.29 is 9.18 Å². The topological polar surface area (TPSA) is 32.3 Å². The van der Waals surface area contributed by atoms with E-state index >= 15 is 0 Å². The van der Waals surface area contributed by atoms with E-state index in [1.807, 2.05) is 11.4 Å². The van der Waals surface area contributed by atoms with Crippen molar-refractivity contribution in [2.45, 2.75) is 6.54 Å². The SMILES string of the molecule is CNc1c(F)cccc1C(=O)N(C)Cc1cc(Br)cs1. The van der Waals surface area contributed by atoms with Gasteiger partial charge in [0.05, 0.1) is 17.8 Å². The average Bonchev–Trinajstić information content (AvgIpc) is 2.82. The van der Waals surface area contributed by atoms with Crippen molar-refractivity contribution in [2.24, 2.45) is 0 Å². The van der Waals surface area contributed by atoms with E-state index in [0.29, 0.717) is 12.1 Å². The van der Waals surface area contributed by atoms with Crippen LogP contribution in [-0.4, -0.2) is 24.9 Å². The Labute approximate surface area is 129 Å². The molecule has 2 rings (SSSR count). The number of nitrogens with one attached hydrogen (secondary N) is 1. The summed E-state index contributed by atoms with van der Waals surface area (Å²) in [5, 5.41) is 4.71. The van der Waals surface area contributed by atoms with E-state index in [9.17, 15) is 9.18 Å². The predicted molar refractivity (Wildman–Crippen MR) is 83.8 cm³/mol. The van der Waals surface area contributed by atoms with Crippen molar-refractivity contribution in [1.82, 2.24) is 4.90 Å². The van der Waals surface area contributed by atoms with E-state index in [2.05, 4.69) is 21.2 Å². The number of carbonyl (C=O) groups excluding carboxylic acids is 1. The third-order valence-electron chi connectivity index (χ3n) is 2.86. The molecule has 0 aliphatic rings. The normalized spacial score (nSPS) is 10.4. The molecule has 0 aliphatic heterocycles. The highest BCUT2D eigenvalue weighted by Gasteiger charge is 2.18. The molecule has 1 N–H and O–H groups in total. The zero-order chi connectivity index (χ0) is 14.7. The predicted octanol–water partition coefficient (Wildman–Crippen LogP) is 3.96. The number of nitrogens with zero attached hydrogens (tertiary/aromatic N) is 1. The molecule has 1 aromatic carbocycles. The summed E-state index contributed by atoms with van der Waals surface area (Å²) in [4.78, 5) is 15.0. The lowest BCUT2D eigenvalue weighted by Gasteiger charge is -2.18. The van der Waals surface area contributed by atoms with Crippen LogP contribution in [-0.2, 0) is 6.54 Å². The molecule has 0 aliphatic carbocycles. The fraction of sp³-hybridized carbons (Fsp3) is 0.214. The highest BCUT2D eigenvalue weighted by Crippen LogP contribution is 2.24. The summed E-state index contributed by atoms with van der Waals surface area (Å²) in [6, 6.07) is 6.47. The zero-order valence-corrected chi connectivity index (χ0v) is 13.5. The molecule has 3 nitrogen and oxygen atoms in total. The first kappa shape index (κ1) is 15.0. The van der Waals surface area contributed by atoms with Crippen molar-refractivity contribution in [3.8, 4) is 0 Å². The standard InChI is InChI=1S/C14H14BrFN2OS/c1-17-13-11(4-3-5-12(13)16)14(19)18(2)7-10-6-9(15)8-20-10/h3-6,8,17H,7H2,1-2H3. The van der Waals surface area contributed by atoms with Crippen LogP contribution in [0.1, 0.15) is 15.2 Å². The molecule has 0 unspecified atom stereocenters. The summed E-state index contributed by atoms with van der Waals surface area (Å²) in [5.74, 6) is -0.635. The van der Waals surface area contributed by atoms with Crippen LogP contribution in [0.25, 0.3) is 0 Å². The summed E-state index contributed by atoms with van der Waals surface area (Å²) in [7, 11) is 3.31. The molecule has 1 amide bonds. The van der Waals surface area contributed by atoms with Gasteiger partial charge < -0.3 is 10.2 Å². The van der Waals surface area contributed by atoms with Crippen LogP contribution in [0, 0.1) is 5.82 Å². The van der Waals surface area contributed by atoms with Gasteiger partial charge >= 0.3 is 0 Å². The third-order valence-corrected chi connectivity index (χ3v) is 4.54. The maximum Gasteiger partial charge on any atom is 0.256 e.